The van der Waals surface area contributed by atoms with Crippen molar-refractivity contribution in [3.63, 3.8) is 0 Å². The largest absolute Gasteiger partial charge is 0.449 e. The lowest BCUT2D eigenvalue weighted by atomic mass is 9.81. The lowest BCUT2D eigenvalue weighted by molar-refractivity contribution is -0.143. The van der Waals surface area contributed by atoms with Crippen molar-refractivity contribution in [2.75, 3.05) is 7.05 Å². The van der Waals surface area contributed by atoms with Crippen molar-refractivity contribution < 1.29 is 14.3 Å². The number of hydrogen-bond donors (Lipinski definition) is 0. The zero-order valence-electron chi connectivity index (χ0n) is 14.2. The third kappa shape index (κ3) is 4.26. The first-order chi connectivity index (χ1) is 11.8. The fourth-order valence-corrected chi connectivity index (χ4v) is 3.56. The molecule has 1 aliphatic rings. The molecule has 1 aromatic carbocycles. The summed E-state index contributed by atoms with van der Waals surface area (Å²) in [4.78, 5) is 26.3. The Morgan fingerprint density at radius 1 is 1.28 bits per heavy atom. The van der Waals surface area contributed by atoms with E-state index in [0.717, 1.165) is 19.3 Å². The molecule has 25 heavy (non-hydrogen) atoms. The molecule has 1 aliphatic carbocycles. The van der Waals surface area contributed by atoms with E-state index in [4.69, 9.17) is 27.9 Å². The zero-order chi connectivity index (χ0) is 18.6. The van der Waals surface area contributed by atoms with E-state index in [1.165, 1.54) is 30.0 Å². The summed E-state index contributed by atoms with van der Waals surface area (Å²) >= 11 is 11.8. The highest BCUT2D eigenvalue weighted by molar-refractivity contribution is 6.36. The summed E-state index contributed by atoms with van der Waals surface area (Å²) in [5.41, 5.74) is -0.686. The van der Waals surface area contributed by atoms with E-state index in [2.05, 4.69) is 6.07 Å². The smallest absolute Gasteiger partial charge is 0.340 e. The van der Waals surface area contributed by atoms with Crippen LogP contribution in [0.2, 0.25) is 10.0 Å². The maximum absolute atomic E-state index is 12.7. The lowest BCUT2D eigenvalue weighted by Crippen LogP contribution is -2.53. The minimum absolute atomic E-state index is 0.140. The second kappa shape index (κ2) is 8.07. The van der Waals surface area contributed by atoms with Crippen LogP contribution in [0.5, 0.6) is 0 Å². The Balaban J connectivity index is 2.09. The molecule has 0 N–H and O–H groups in total. The van der Waals surface area contributed by atoms with Gasteiger partial charge in [-0.15, -0.1) is 0 Å². The molecule has 0 saturated heterocycles. The summed E-state index contributed by atoms with van der Waals surface area (Å²) in [7, 11) is 1.59. The summed E-state index contributed by atoms with van der Waals surface area (Å²) in [6.45, 7) is 1.49. The first-order valence-corrected chi connectivity index (χ1v) is 8.91. The van der Waals surface area contributed by atoms with Gasteiger partial charge in [-0.25, -0.2) is 4.79 Å². The van der Waals surface area contributed by atoms with Gasteiger partial charge in [0.1, 0.15) is 5.54 Å². The molecule has 0 aromatic heterocycles. The zero-order valence-corrected chi connectivity index (χ0v) is 15.7. The summed E-state index contributed by atoms with van der Waals surface area (Å²) in [5, 5.41) is 10.1. The van der Waals surface area contributed by atoms with Crippen LogP contribution in [-0.4, -0.2) is 35.5 Å². The van der Waals surface area contributed by atoms with E-state index in [1.54, 1.807) is 7.05 Å². The first kappa shape index (κ1) is 19.6. The SMILES string of the molecule is C[C@@H](OC(=O)c1ccc(Cl)cc1Cl)C(=O)N(C)C1(C#N)CCCCC1. The fourth-order valence-electron chi connectivity index (χ4n) is 3.07. The molecule has 134 valence electrons. The predicted molar refractivity (Wildman–Crippen MR) is 95.5 cm³/mol. The molecule has 2 rings (SSSR count). The number of hydrogen-bond acceptors (Lipinski definition) is 4. The normalized spacial score (nSPS) is 17.2. The second-order valence-electron chi connectivity index (χ2n) is 6.27. The number of nitrogens with zero attached hydrogens (tertiary/aromatic N) is 2. The topological polar surface area (TPSA) is 70.4 Å². The van der Waals surface area contributed by atoms with Crippen molar-refractivity contribution in [3.05, 3.63) is 33.8 Å². The van der Waals surface area contributed by atoms with Crippen molar-refractivity contribution in [3.8, 4) is 6.07 Å². The van der Waals surface area contributed by atoms with Crippen LogP contribution in [0.15, 0.2) is 18.2 Å². The highest BCUT2D eigenvalue weighted by atomic mass is 35.5. The van der Waals surface area contributed by atoms with Crippen molar-refractivity contribution in [1.82, 2.24) is 4.90 Å². The highest BCUT2D eigenvalue weighted by Crippen LogP contribution is 2.33. The molecular weight excluding hydrogens is 363 g/mol. The fraction of sp³-hybridized carbons (Fsp3) is 0.500. The third-order valence-corrected chi connectivity index (χ3v) is 5.19. The molecule has 7 heteroatoms. The first-order valence-electron chi connectivity index (χ1n) is 8.16. The Morgan fingerprint density at radius 2 is 1.92 bits per heavy atom. The number of ether oxygens (including phenoxy) is 1. The Bertz CT molecular complexity index is 709. The molecule has 0 heterocycles. The van der Waals surface area contributed by atoms with Crippen LogP contribution in [0.1, 0.15) is 49.4 Å². The molecule has 1 aromatic rings. The summed E-state index contributed by atoms with van der Waals surface area (Å²) < 4.78 is 5.25. The van der Waals surface area contributed by atoms with Gasteiger partial charge in [0.15, 0.2) is 6.10 Å². The molecule has 1 amide bonds. The third-order valence-electron chi connectivity index (χ3n) is 4.64. The Hall–Kier alpha value is -1.77. The van der Waals surface area contributed by atoms with E-state index in [0.29, 0.717) is 17.9 Å². The average molecular weight is 383 g/mol. The van der Waals surface area contributed by atoms with Crippen LogP contribution in [0.3, 0.4) is 0 Å². The molecule has 0 aliphatic heterocycles. The van der Waals surface area contributed by atoms with Gasteiger partial charge in [0.05, 0.1) is 16.7 Å². The van der Waals surface area contributed by atoms with Crippen molar-refractivity contribution in [2.45, 2.75) is 50.7 Å². The monoisotopic (exact) mass is 382 g/mol. The van der Waals surface area contributed by atoms with Gasteiger partial charge >= 0.3 is 5.97 Å². The molecule has 1 atom stereocenters. The van der Waals surface area contributed by atoms with Crippen molar-refractivity contribution in [2.24, 2.45) is 0 Å². The number of halogens is 2. The quantitative estimate of drug-likeness (QED) is 0.730. The Kier molecular flexibility index (Phi) is 6.31. The highest BCUT2D eigenvalue weighted by Gasteiger charge is 2.40. The van der Waals surface area contributed by atoms with Gasteiger partial charge in [-0.3, -0.25) is 4.79 Å². The van der Waals surface area contributed by atoms with Crippen LogP contribution in [0.25, 0.3) is 0 Å². The van der Waals surface area contributed by atoms with Gasteiger partial charge in [-0.05, 0) is 38.0 Å². The summed E-state index contributed by atoms with van der Waals surface area (Å²) in [5.74, 6) is -1.10. The van der Waals surface area contributed by atoms with Crippen molar-refractivity contribution in [1.29, 1.82) is 5.26 Å². The van der Waals surface area contributed by atoms with Crippen LogP contribution in [0.4, 0.5) is 0 Å². The summed E-state index contributed by atoms with van der Waals surface area (Å²) in [6, 6.07) is 6.69. The molecule has 1 fully saturated rings. The van der Waals surface area contributed by atoms with Gasteiger partial charge in [0, 0.05) is 12.1 Å². The van der Waals surface area contributed by atoms with Crippen LogP contribution in [-0.2, 0) is 9.53 Å². The predicted octanol–water partition coefficient (Wildman–Crippen LogP) is 4.22. The van der Waals surface area contributed by atoms with E-state index >= 15 is 0 Å². The molecular formula is C18H20Cl2N2O3. The standard InChI is InChI=1S/C18H20Cl2N2O3/c1-12(25-17(24)14-7-6-13(19)10-15(14)20)16(23)22(2)18(11-21)8-4-3-5-9-18/h6-7,10,12H,3-5,8-9H2,1-2H3/t12-/m1/s1. The van der Waals surface area contributed by atoms with Gasteiger partial charge in [-0.2, -0.15) is 5.26 Å². The number of benzene rings is 1. The van der Waals surface area contributed by atoms with Crippen LogP contribution < -0.4 is 0 Å². The van der Waals surface area contributed by atoms with Crippen LogP contribution >= 0.6 is 23.2 Å². The molecule has 0 unspecified atom stereocenters. The van der Waals surface area contributed by atoms with E-state index < -0.39 is 23.5 Å². The molecule has 0 bridgehead atoms. The van der Waals surface area contributed by atoms with Gasteiger partial charge in [0.25, 0.3) is 5.91 Å². The van der Waals surface area contributed by atoms with E-state index in [9.17, 15) is 14.9 Å². The van der Waals surface area contributed by atoms with Gasteiger partial charge < -0.3 is 9.64 Å². The number of rotatable bonds is 4. The number of carbonyl (C=O) groups excluding carboxylic acids is 2. The Morgan fingerprint density at radius 3 is 2.48 bits per heavy atom. The van der Waals surface area contributed by atoms with E-state index in [1.807, 2.05) is 0 Å². The number of esters is 1. The number of amides is 1. The maximum atomic E-state index is 12.7. The molecule has 5 nitrogen and oxygen atoms in total. The average Bonchev–Trinajstić information content (AvgIpc) is 2.60. The van der Waals surface area contributed by atoms with Crippen molar-refractivity contribution >= 4 is 35.1 Å². The minimum atomic E-state index is -1.02. The lowest BCUT2D eigenvalue weighted by Gasteiger charge is -2.39. The number of carbonyl (C=O) groups is 2. The van der Waals surface area contributed by atoms with E-state index in [-0.39, 0.29) is 10.6 Å². The molecule has 0 radical (unpaired) electrons. The number of nitriles is 1. The van der Waals surface area contributed by atoms with Crippen LogP contribution in [0, 0.1) is 11.3 Å². The second-order valence-corrected chi connectivity index (χ2v) is 7.12. The minimum Gasteiger partial charge on any atom is -0.449 e. The molecule has 1 saturated carbocycles. The molecule has 0 spiro atoms. The Labute approximate surface area is 157 Å². The maximum Gasteiger partial charge on any atom is 0.340 e. The summed E-state index contributed by atoms with van der Waals surface area (Å²) in [6.07, 6.45) is 3.12. The number of likely N-dealkylation sites (N-methyl/N-ethyl adjacent to an activating group) is 1. The van der Waals surface area contributed by atoms with Gasteiger partial charge in [0.2, 0.25) is 0 Å². The van der Waals surface area contributed by atoms with Gasteiger partial charge in [-0.1, -0.05) is 42.5 Å².